The second-order valence-corrected chi connectivity index (χ2v) is 9.97. The highest BCUT2D eigenvalue weighted by molar-refractivity contribution is 7.98. The first-order valence-electron chi connectivity index (χ1n) is 8.81. The molecule has 2 aromatic rings. The highest BCUT2D eigenvalue weighted by atomic mass is 35.5. The predicted molar refractivity (Wildman–Crippen MR) is 119 cm³/mol. The summed E-state index contributed by atoms with van der Waals surface area (Å²) in [7, 11) is -3.57. The van der Waals surface area contributed by atoms with Gasteiger partial charge in [0.1, 0.15) is 6.54 Å². The van der Waals surface area contributed by atoms with Crippen LogP contribution in [0.15, 0.2) is 42.5 Å². The Balaban J connectivity index is 1.88. The quantitative estimate of drug-likeness (QED) is 0.602. The average Bonchev–Trinajstić information content (AvgIpc) is 2.61. The van der Waals surface area contributed by atoms with Gasteiger partial charge in [-0.3, -0.25) is 9.10 Å². The Bertz CT molecular complexity index is 933. The van der Waals surface area contributed by atoms with Crippen molar-refractivity contribution in [3.63, 3.8) is 0 Å². The summed E-state index contributed by atoms with van der Waals surface area (Å²) in [5, 5.41) is 3.50. The summed E-state index contributed by atoms with van der Waals surface area (Å²) in [6.07, 6.45) is 1.11. The molecular formula is C20H25ClN2O3S2. The van der Waals surface area contributed by atoms with Crippen molar-refractivity contribution in [2.75, 3.05) is 29.4 Å². The topological polar surface area (TPSA) is 66.5 Å². The summed E-state index contributed by atoms with van der Waals surface area (Å²) < 4.78 is 25.6. The molecule has 2 rings (SSSR count). The van der Waals surface area contributed by atoms with Crippen LogP contribution in [0.3, 0.4) is 0 Å². The molecule has 28 heavy (non-hydrogen) atoms. The molecule has 0 atom stereocenters. The molecule has 8 heteroatoms. The lowest BCUT2D eigenvalue weighted by molar-refractivity contribution is -0.119. The van der Waals surface area contributed by atoms with Crippen molar-refractivity contribution in [2.24, 2.45) is 0 Å². The summed E-state index contributed by atoms with van der Waals surface area (Å²) in [5.41, 5.74) is 3.48. The fraction of sp³-hybridized carbons (Fsp3) is 0.350. The molecule has 152 valence electrons. The summed E-state index contributed by atoms with van der Waals surface area (Å²) in [6.45, 7) is 4.00. The van der Waals surface area contributed by atoms with Crippen molar-refractivity contribution in [2.45, 2.75) is 19.6 Å². The van der Waals surface area contributed by atoms with Gasteiger partial charge >= 0.3 is 0 Å². The fourth-order valence-corrected chi connectivity index (χ4v) is 4.58. The Morgan fingerprint density at radius 1 is 1.18 bits per heavy atom. The van der Waals surface area contributed by atoms with Crippen LogP contribution in [0.1, 0.15) is 16.7 Å². The van der Waals surface area contributed by atoms with E-state index in [0.29, 0.717) is 17.3 Å². The van der Waals surface area contributed by atoms with E-state index in [1.165, 1.54) is 0 Å². The first kappa shape index (κ1) is 22.6. The third-order valence-electron chi connectivity index (χ3n) is 4.26. The van der Waals surface area contributed by atoms with Crippen molar-refractivity contribution in [3.05, 3.63) is 64.2 Å². The van der Waals surface area contributed by atoms with E-state index in [0.717, 1.165) is 38.8 Å². The Morgan fingerprint density at radius 2 is 1.89 bits per heavy atom. The summed E-state index contributed by atoms with van der Waals surface area (Å²) in [5.74, 6) is 1.20. The van der Waals surface area contributed by atoms with Gasteiger partial charge in [-0.15, -0.1) is 0 Å². The number of nitrogens with one attached hydrogen (secondary N) is 1. The number of amides is 1. The molecule has 0 aliphatic rings. The van der Waals surface area contributed by atoms with Crippen LogP contribution in [-0.2, 0) is 20.6 Å². The highest BCUT2D eigenvalue weighted by Crippen LogP contribution is 2.24. The standard InChI is InChI=1S/C20H25ClN2O3S2/c1-15-6-4-9-19(16(15)2)23(28(3,25)26)13-20(24)22-10-11-27-14-17-7-5-8-18(21)12-17/h4-9,12H,10-11,13-14H2,1-3H3,(H,22,24). The number of sulfonamides is 1. The molecule has 1 N–H and O–H groups in total. The lowest BCUT2D eigenvalue weighted by Crippen LogP contribution is -2.41. The molecule has 1 amide bonds. The van der Waals surface area contributed by atoms with E-state index >= 15 is 0 Å². The minimum absolute atomic E-state index is 0.234. The highest BCUT2D eigenvalue weighted by Gasteiger charge is 2.22. The molecule has 0 unspecified atom stereocenters. The van der Waals surface area contributed by atoms with E-state index in [-0.39, 0.29) is 12.5 Å². The van der Waals surface area contributed by atoms with E-state index in [1.807, 2.05) is 44.2 Å². The molecule has 0 aliphatic carbocycles. The number of carbonyl (C=O) groups is 1. The molecule has 0 bridgehead atoms. The molecule has 0 spiro atoms. The van der Waals surface area contributed by atoms with Gasteiger partial charge in [-0.2, -0.15) is 11.8 Å². The fourth-order valence-electron chi connectivity index (χ4n) is 2.65. The van der Waals surface area contributed by atoms with Crippen molar-refractivity contribution in [3.8, 4) is 0 Å². The molecule has 0 heterocycles. The monoisotopic (exact) mass is 440 g/mol. The number of anilines is 1. The minimum Gasteiger partial charge on any atom is -0.354 e. The number of nitrogens with zero attached hydrogens (tertiary/aromatic N) is 1. The average molecular weight is 441 g/mol. The molecule has 0 fully saturated rings. The number of rotatable bonds is 9. The molecule has 0 aromatic heterocycles. The summed E-state index contributed by atoms with van der Waals surface area (Å²) in [6, 6.07) is 13.1. The Morgan fingerprint density at radius 3 is 2.57 bits per heavy atom. The zero-order chi connectivity index (χ0) is 20.7. The first-order valence-corrected chi connectivity index (χ1v) is 12.2. The zero-order valence-electron chi connectivity index (χ0n) is 16.2. The Hall–Kier alpha value is -1.70. The van der Waals surface area contributed by atoms with Crippen LogP contribution in [0, 0.1) is 13.8 Å². The van der Waals surface area contributed by atoms with Crippen LogP contribution >= 0.6 is 23.4 Å². The van der Waals surface area contributed by atoms with Gasteiger partial charge in [-0.25, -0.2) is 8.42 Å². The van der Waals surface area contributed by atoms with Gasteiger partial charge < -0.3 is 5.32 Å². The van der Waals surface area contributed by atoms with Gasteiger partial charge in [0.25, 0.3) is 0 Å². The zero-order valence-corrected chi connectivity index (χ0v) is 18.6. The number of thioether (sulfide) groups is 1. The molecule has 0 saturated heterocycles. The SMILES string of the molecule is Cc1cccc(N(CC(=O)NCCSCc2cccc(Cl)c2)S(C)(=O)=O)c1C. The molecule has 0 aliphatic heterocycles. The second kappa shape index (κ2) is 10.2. The van der Waals surface area contributed by atoms with Crippen molar-refractivity contribution in [1.29, 1.82) is 0 Å². The maximum absolute atomic E-state index is 12.3. The van der Waals surface area contributed by atoms with Crippen molar-refractivity contribution < 1.29 is 13.2 Å². The van der Waals surface area contributed by atoms with Gasteiger partial charge in [0.2, 0.25) is 15.9 Å². The minimum atomic E-state index is -3.57. The smallest absolute Gasteiger partial charge is 0.240 e. The van der Waals surface area contributed by atoms with Crippen LogP contribution in [0.25, 0.3) is 0 Å². The van der Waals surface area contributed by atoms with Gasteiger partial charge in [0.15, 0.2) is 0 Å². The lowest BCUT2D eigenvalue weighted by atomic mass is 10.1. The van der Waals surface area contributed by atoms with Crippen LogP contribution in [-0.4, -0.2) is 39.4 Å². The van der Waals surface area contributed by atoms with Gasteiger partial charge in [-0.05, 0) is 48.7 Å². The maximum atomic E-state index is 12.3. The van der Waals surface area contributed by atoms with Crippen LogP contribution in [0.5, 0.6) is 0 Å². The van der Waals surface area contributed by atoms with Crippen molar-refractivity contribution >= 4 is 45.0 Å². The third-order valence-corrected chi connectivity index (χ3v) is 6.65. The summed E-state index contributed by atoms with van der Waals surface area (Å²) in [4.78, 5) is 12.3. The van der Waals surface area contributed by atoms with Crippen molar-refractivity contribution in [1.82, 2.24) is 5.32 Å². The van der Waals surface area contributed by atoms with Gasteiger partial charge in [-0.1, -0.05) is 35.9 Å². The van der Waals surface area contributed by atoms with E-state index in [4.69, 9.17) is 11.6 Å². The van der Waals surface area contributed by atoms with E-state index in [2.05, 4.69) is 5.32 Å². The third kappa shape index (κ3) is 6.72. The molecule has 5 nitrogen and oxygen atoms in total. The normalized spacial score (nSPS) is 11.3. The number of aryl methyl sites for hydroxylation is 1. The van der Waals surface area contributed by atoms with Crippen LogP contribution in [0.2, 0.25) is 5.02 Å². The van der Waals surface area contributed by atoms with E-state index in [9.17, 15) is 13.2 Å². The predicted octanol–water partition coefficient (Wildman–Crippen LogP) is 3.77. The Labute approximate surface area is 176 Å². The summed E-state index contributed by atoms with van der Waals surface area (Å²) >= 11 is 7.64. The maximum Gasteiger partial charge on any atom is 0.240 e. The largest absolute Gasteiger partial charge is 0.354 e. The molecule has 0 radical (unpaired) electrons. The van der Waals surface area contributed by atoms with Gasteiger partial charge in [0.05, 0.1) is 11.9 Å². The second-order valence-electron chi connectivity index (χ2n) is 6.52. The first-order chi connectivity index (χ1) is 13.2. The van der Waals surface area contributed by atoms with Crippen LogP contribution < -0.4 is 9.62 Å². The Kier molecular flexibility index (Phi) is 8.22. The van der Waals surface area contributed by atoms with E-state index < -0.39 is 10.0 Å². The van der Waals surface area contributed by atoms with Gasteiger partial charge in [0, 0.05) is 23.1 Å². The number of hydrogen-bond acceptors (Lipinski definition) is 4. The van der Waals surface area contributed by atoms with E-state index in [1.54, 1.807) is 23.9 Å². The van der Waals surface area contributed by atoms with Crippen LogP contribution in [0.4, 0.5) is 5.69 Å². The number of carbonyl (C=O) groups excluding carboxylic acids is 1. The number of halogens is 1. The number of hydrogen-bond donors (Lipinski definition) is 1. The molecule has 0 saturated carbocycles. The molecule has 2 aromatic carbocycles. The lowest BCUT2D eigenvalue weighted by Gasteiger charge is -2.24. The number of benzene rings is 2. The molecular weight excluding hydrogens is 416 g/mol.